The number of hydrogen-bond acceptors (Lipinski definition) is 7. The minimum Gasteiger partial charge on any atom is -0.494 e. The topological polar surface area (TPSA) is 88.9 Å². The number of rotatable bonds is 4. The van der Waals surface area contributed by atoms with Gasteiger partial charge in [0.2, 0.25) is 11.8 Å². The monoisotopic (exact) mass is 460 g/mol. The van der Waals surface area contributed by atoms with Crippen LogP contribution in [0.2, 0.25) is 0 Å². The quantitative estimate of drug-likeness (QED) is 0.619. The van der Waals surface area contributed by atoms with Crippen LogP contribution in [0.4, 0.5) is 13.2 Å². The number of nitrogens with zero attached hydrogens (tertiary/aromatic N) is 2. The van der Waals surface area contributed by atoms with Crippen molar-refractivity contribution in [3.8, 4) is 5.75 Å². The predicted molar refractivity (Wildman–Crippen MR) is 110 cm³/mol. The molecule has 5 rings (SSSR count). The van der Waals surface area contributed by atoms with Crippen LogP contribution in [0.1, 0.15) is 17.4 Å². The van der Waals surface area contributed by atoms with Crippen molar-refractivity contribution in [1.82, 2.24) is 20.7 Å². The first-order valence-corrected chi connectivity index (χ1v) is 10.0. The summed E-state index contributed by atoms with van der Waals surface area (Å²) in [5.41, 5.74) is 3.36. The Morgan fingerprint density at radius 1 is 1.06 bits per heavy atom. The number of methoxy groups -OCH3 is 2. The van der Waals surface area contributed by atoms with E-state index in [4.69, 9.17) is 13.9 Å². The first kappa shape index (κ1) is 21.1. The molecule has 172 valence electrons. The SMILES string of the molecule is COC1=C(c2nc3c(OC)cccc3o2)C(=O)N2NC(C(F)(F)F)C(c3ccccc3)C2N1. The smallest absolute Gasteiger partial charge is 0.406 e. The molecule has 2 aliphatic heterocycles. The highest BCUT2D eigenvalue weighted by atomic mass is 19.4. The molecule has 0 bridgehead atoms. The summed E-state index contributed by atoms with van der Waals surface area (Å²) in [5.74, 6) is -1.58. The maximum atomic E-state index is 14.0. The number of halogens is 3. The number of fused-ring (bicyclic) bond motifs is 2. The molecule has 1 fully saturated rings. The lowest BCUT2D eigenvalue weighted by atomic mass is 9.89. The summed E-state index contributed by atoms with van der Waals surface area (Å²) in [6.07, 6.45) is -5.66. The van der Waals surface area contributed by atoms with E-state index in [1.807, 2.05) is 0 Å². The Balaban J connectivity index is 1.61. The van der Waals surface area contributed by atoms with Crippen LogP contribution in [0.15, 0.2) is 58.8 Å². The molecule has 0 saturated carbocycles. The van der Waals surface area contributed by atoms with Crippen molar-refractivity contribution in [2.45, 2.75) is 24.3 Å². The van der Waals surface area contributed by atoms with E-state index in [1.165, 1.54) is 14.2 Å². The molecule has 11 heteroatoms. The standard InChI is InChI=1S/C22H19F3N4O4/c1-31-12-9-6-10-13-16(12)26-20(33-13)15-19(32-2)27-18-14(11-7-4-3-5-8-11)17(22(23,24)25)28-29(18)21(15)30/h3-10,14,17-18,27-28H,1-2H3. The molecule has 33 heavy (non-hydrogen) atoms. The average Bonchev–Trinajstić information content (AvgIpc) is 3.41. The molecule has 0 radical (unpaired) electrons. The van der Waals surface area contributed by atoms with Gasteiger partial charge in [0, 0.05) is 0 Å². The van der Waals surface area contributed by atoms with Crippen molar-refractivity contribution >= 4 is 22.6 Å². The van der Waals surface area contributed by atoms with Gasteiger partial charge in [-0.05, 0) is 17.7 Å². The predicted octanol–water partition coefficient (Wildman–Crippen LogP) is 3.14. The second-order valence-corrected chi connectivity index (χ2v) is 7.58. The number of ether oxygens (including phenoxy) is 2. The highest BCUT2D eigenvalue weighted by Crippen LogP contribution is 2.43. The fraction of sp³-hybridized carbons (Fsp3) is 0.273. The Morgan fingerprint density at radius 2 is 1.82 bits per heavy atom. The van der Waals surface area contributed by atoms with E-state index in [-0.39, 0.29) is 17.3 Å². The number of carbonyl (C=O) groups is 1. The van der Waals surface area contributed by atoms with Crippen molar-refractivity contribution in [1.29, 1.82) is 0 Å². The van der Waals surface area contributed by atoms with E-state index in [2.05, 4.69) is 15.7 Å². The molecule has 1 amide bonds. The fourth-order valence-corrected chi connectivity index (χ4v) is 4.29. The zero-order valence-electron chi connectivity index (χ0n) is 17.5. The molecule has 3 atom stereocenters. The average molecular weight is 460 g/mol. The first-order valence-electron chi connectivity index (χ1n) is 10.0. The number of benzene rings is 2. The van der Waals surface area contributed by atoms with Gasteiger partial charge in [-0.1, -0.05) is 36.4 Å². The van der Waals surface area contributed by atoms with Gasteiger partial charge in [0.05, 0.1) is 20.1 Å². The van der Waals surface area contributed by atoms with Gasteiger partial charge < -0.3 is 19.2 Å². The van der Waals surface area contributed by atoms with Gasteiger partial charge in [-0.2, -0.15) is 13.2 Å². The molecule has 2 N–H and O–H groups in total. The highest BCUT2D eigenvalue weighted by Gasteiger charge is 2.58. The van der Waals surface area contributed by atoms with Crippen molar-refractivity contribution < 1.29 is 31.9 Å². The molecule has 0 spiro atoms. The summed E-state index contributed by atoms with van der Waals surface area (Å²) < 4.78 is 58.3. The van der Waals surface area contributed by atoms with E-state index in [1.54, 1.807) is 48.5 Å². The zero-order chi connectivity index (χ0) is 23.3. The van der Waals surface area contributed by atoms with Crippen LogP contribution >= 0.6 is 0 Å². The number of para-hydroxylation sites is 1. The van der Waals surface area contributed by atoms with E-state index in [0.717, 1.165) is 5.01 Å². The Labute approximate surface area is 185 Å². The fourth-order valence-electron chi connectivity index (χ4n) is 4.29. The van der Waals surface area contributed by atoms with E-state index in [9.17, 15) is 18.0 Å². The van der Waals surface area contributed by atoms with Crippen LogP contribution in [0.3, 0.4) is 0 Å². The molecule has 3 aromatic rings. The van der Waals surface area contributed by atoms with Crippen LogP contribution in [0.25, 0.3) is 16.7 Å². The Kier molecular flexibility index (Phi) is 4.93. The molecule has 8 nitrogen and oxygen atoms in total. The molecular formula is C22H19F3N4O4. The van der Waals surface area contributed by atoms with E-state index in [0.29, 0.717) is 22.4 Å². The van der Waals surface area contributed by atoms with E-state index >= 15 is 0 Å². The van der Waals surface area contributed by atoms with Gasteiger partial charge >= 0.3 is 6.18 Å². The Hall–Kier alpha value is -3.73. The van der Waals surface area contributed by atoms with Crippen LogP contribution in [-0.4, -0.2) is 48.5 Å². The number of aromatic nitrogens is 1. The van der Waals surface area contributed by atoms with Gasteiger partial charge in [0.1, 0.15) is 18.0 Å². The van der Waals surface area contributed by atoms with Crippen molar-refractivity contribution in [3.05, 3.63) is 65.9 Å². The number of carbonyl (C=O) groups excluding carboxylic acids is 1. The number of alkyl halides is 3. The number of oxazole rings is 1. The third-order valence-corrected chi connectivity index (χ3v) is 5.75. The second kappa shape index (κ2) is 7.69. The zero-order valence-corrected chi connectivity index (χ0v) is 17.5. The van der Waals surface area contributed by atoms with Crippen LogP contribution in [0, 0.1) is 0 Å². The summed E-state index contributed by atoms with van der Waals surface area (Å²) in [6, 6.07) is 11.2. The Morgan fingerprint density at radius 3 is 2.48 bits per heavy atom. The summed E-state index contributed by atoms with van der Waals surface area (Å²) in [6.45, 7) is 0. The molecule has 1 saturated heterocycles. The molecule has 0 aliphatic carbocycles. The molecule has 2 aliphatic rings. The number of nitrogens with one attached hydrogen (secondary N) is 2. The number of hydrogen-bond donors (Lipinski definition) is 2. The number of hydrazine groups is 1. The van der Waals surface area contributed by atoms with Crippen LogP contribution < -0.4 is 15.5 Å². The lowest BCUT2D eigenvalue weighted by Gasteiger charge is -2.34. The third-order valence-electron chi connectivity index (χ3n) is 5.75. The van der Waals surface area contributed by atoms with Crippen LogP contribution in [-0.2, 0) is 9.53 Å². The summed E-state index contributed by atoms with van der Waals surface area (Å²) in [7, 11) is 2.78. The lowest BCUT2D eigenvalue weighted by Crippen LogP contribution is -2.55. The first-order chi connectivity index (χ1) is 15.8. The van der Waals surface area contributed by atoms with Gasteiger partial charge in [-0.15, -0.1) is 0 Å². The molecule has 2 aromatic carbocycles. The minimum absolute atomic E-state index is 0.0303. The van der Waals surface area contributed by atoms with Gasteiger partial charge in [0.25, 0.3) is 5.91 Å². The van der Waals surface area contributed by atoms with Crippen molar-refractivity contribution in [3.63, 3.8) is 0 Å². The maximum Gasteiger partial charge on any atom is 0.406 e. The van der Waals surface area contributed by atoms with E-state index < -0.39 is 30.2 Å². The highest BCUT2D eigenvalue weighted by molar-refractivity contribution is 6.19. The van der Waals surface area contributed by atoms with Gasteiger partial charge in [-0.3, -0.25) is 4.79 Å². The van der Waals surface area contributed by atoms with Crippen molar-refractivity contribution in [2.75, 3.05) is 14.2 Å². The minimum atomic E-state index is -4.61. The third kappa shape index (κ3) is 3.35. The van der Waals surface area contributed by atoms with Crippen LogP contribution in [0.5, 0.6) is 5.75 Å². The lowest BCUT2D eigenvalue weighted by molar-refractivity contribution is -0.161. The molecule has 3 heterocycles. The van der Waals surface area contributed by atoms with Gasteiger partial charge in [0.15, 0.2) is 16.7 Å². The summed E-state index contributed by atoms with van der Waals surface area (Å²) in [5, 5.41) is 3.87. The largest absolute Gasteiger partial charge is 0.494 e. The normalized spacial score (nSPS) is 23.0. The Bertz CT molecular complexity index is 1240. The maximum absolute atomic E-state index is 14.0. The molecule has 3 unspecified atom stereocenters. The molecule has 1 aromatic heterocycles. The second-order valence-electron chi connectivity index (χ2n) is 7.58. The molecular weight excluding hydrogens is 441 g/mol. The summed E-state index contributed by atoms with van der Waals surface area (Å²) >= 11 is 0. The number of amides is 1. The van der Waals surface area contributed by atoms with Gasteiger partial charge in [-0.25, -0.2) is 15.4 Å². The summed E-state index contributed by atoms with van der Waals surface area (Å²) in [4.78, 5) is 17.8. The van der Waals surface area contributed by atoms with Crippen molar-refractivity contribution in [2.24, 2.45) is 0 Å².